The van der Waals surface area contributed by atoms with Crippen molar-refractivity contribution in [3.8, 4) is 0 Å². The first-order valence-corrected chi connectivity index (χ1v) is 10.3. The van der Waals surface area contributed by atoms with Crippen molar-refractivity contribution in [2.24, 2.45) is 5.92 Å². The summed E-state index contributed by atoms with van der Waals surface area (Å²) in [5.74, 6) is -0.644. The van der Waals surface area contributed by atoms with E-state index in [-0.39, 0.29) is 30.7 Å². The maximum absolute atomic E-state index is 12.8. The van der Waals surface area contributed by atoms with Gasteiger partial charge in [0.1, 0.15) is 6.04 Å². The van der Waals surface area contributed by atoms with E-state index in [4.69, 9.17) is 0 Å². The molecule has 2 unspecified atom stereocenters. The third kappa shape index (κ3) is 4.03. The molecule has 3 aliphatic rings. The van der Waals surface area contributed by atoms with Gasteiger partial charge in [-0.1, -0.05) is 6.07 Å². The highest BCUT2D eigenvalue weighted by Gasteiger charge is 2.40. The highest BCUT2D eigenvalue weighted by atomic mass is 16.2. The smallest absolute Gasteiger partial charge is 0.255 e. The minimum Gasteiger partial charge on any atom is -0.352 e. The molecular formula is C21H26N4O4. The zero-order valence-electron chi connectivity index (χ0n) is 16.3. The molecule has 0 aliphatic carbocycles. The van der Waals surface area contributed by atoms with Gasteiger partial charge in [0.05, 0.1) is 0 Å². The molecule has 4 rings (SSSR count). The van der Waals surface area contributed by atoms with E-state index >= 15 is 0 Å². The first kappa shape index (κ1) is 19.6. The number of nitrogens with one attached hydrogen (secondary N) is 3. The average molecular weight is 398 g/mol. The number of carbonyl (C=O) groups excluding carboxylic acids is 4. The van der Waals surface area contributed by atoms with Gasteiger partial charge in [0.25, 0.3) is 11.8 Å². The largest absolute Gasteiger partial charge is 0.352 e. The summed E-state index contributed by atoms with van der Waals surface area (Å²) >= 11 is 0. The van der Waals surface area contributed by atoms with E-state index in [1.54, 1.807) is 18.2 Å². The second kappa shape index (κ2) is 8.32. The quantitative estimate of drug-likeness (QED) is 0.629. The molecule has 1 aromatic rings. The highest BCUT2D eigenvalue weighted by molar-refractivity contribution is 6.07. The van der Waals surface area contributed by atoms with Crippen LogP contribution in [0.3, 0.4) is 0 Å². The topological polar surface area (TPSA) is 108 Å². The van der Waals surface area contributed by atoms with E-state index in [0.29, 0.717) is 35.6 Å². The summed E-state index contributed by atoms with van der Waals surface area (Å²) in [6, 6.07) is 4.43. The zero-order chi connectivity index (χ0) is 20.4. The minimum atomic E-state index is -0.678. The third-order valence-electron chi connectivity index (χ3n) is 6.06. The lowest BCUT2D eigenvalue weighted by Gasteiger charge is -2.29. The number of benzene rings is 1. The SMILES string of the molecule is O=C1CCC(N2Cc3c(C(=O)NCCC4CCCNC4)cccc3C2=O)C(=O)N1. The Balaban J connectivity index is 1.43. The van der Waals surface area contributed by atoms with Crippen LogP contribution in [0.2, 0.25) is 0 Å². The Hall–Kier alpha value is -2.74. The lowest BCUT2D eigenvalue weighted by molar-refractivity contribution is -0.136. The molecule has 8 heteroatoms. The Kier molecular flexibility index (Phi) is 5.62. The standard InChI is InChI=1S/C21H26N4O4/c26-18-7-6-17(20(28)24-18)25-12-16-14(4-1-5-15(16)21(25)29)19(27)23-10-8-13-3-2-9-22-11-13/h1,4-5,13,17,22H,2-3,6-12H2,(H,23,27)(H,24,26,28). The Bertz CT molecular complexity index is 847. The number of hydrogen-bond acceptors (Lipinski definition) is 5. The molecule has 0 bridgehead atoms. The van der Waals surface area contributed by atoms with Gasteiger partial charge in [-0.3, -0.25) is 24.5 Å². The Morgan fingerprint density at radius 3 is 2.83 bits per heavy atom. The van der Waals surface area contributed by atoms with Gasteiger partial charge < -0.3 is 15.5 Å². The van der Waals surface area contributed by atoms with E-state index in [2.05, 4.69) is 16.0 Å². The Labute approximate surface area is 169 Å². The Morgan fingerprint density at radius 2 is 2.07 bits per heavy atom. The predicted molar refractivity (Wildman–Crippen MR) is 105 cm³/mol. The molecule has 3 aliphatic heterocycles. The summed E-state index contributed by atoms with van der Waals surface area (Å²) < 4.78 is 0. The van der Waals surface area contributed by atoms with Crippen LogP contribution in [0.5, 0.6) is 0 Å². The molecule has 0 saturated carbocycles. The average Bonchev–Trinajstić information content (AvgIpc) is 3.05. The third-order valence-corrected chi connectivity index (χ3v) is 6.06. The lowest BCUT2D eigenvalue weighted by atomic mass is 9.96. The van der Waals surface area contributed by atoms with E-state index < -0.39 is 11.9 Å². The predicted octanol–water partition coefficient (Wildman–Crippen LogP) is 0.567. The molecule has 2 fully saturated rings. The zero-order valence-corrected chi connectivity index (χ0v) is 16.3. The van der Waals surface area contributed by atoms with Gasteiger partial charge in [-0.05, 0) is 62.4 Å². The maximum Gasteiger partial charge on any atom is 0.255 e. The van der Waals surface area contributed by atoms with Crippen LogP contribution in [0.4, 0.5) is 0 Å². The van der Waals surface area contributed by atoms with Gasteiger partial charge in [0, 0.05) is 30.6 Å². The van der Waals surface area contributed by atoms with Crippen molar-refractivity contribution < 1.29 is 19.2 Å². The van der Waals surface area contributed by atoms with Crippen molar-refractivity contribution in [3.05, 3.63) is 34.9 Å². The van der Waals surface area contributed by atoms with Crippen LogP contribution in [0.15, 0.2) is 18.2 Å². The number of hydrogen-bond donors (Lipinski definition) is 3. The normalized spacial score (nSPS) is 24.3. The fourth-order valence-electron chi connectivity index (χ4n) is 4.45. The number of imide groups is 1. The summed E-state index contributed by atoms with van der Waals surface area (Å²) in [5.41, 5.74) is 1.59. The summed E-state index contributed by atoms with van der Waals surface area (Å²) in [6.45, 7) is 2.86. The lowest BCUT2D eigenvalue weighted by Crippen LogP contribution is -2.52. The number of rotatable bonds is 5. The van der Waals surface area contributed by atoms with E-state index in [1.807, 2.05) is 0 Å². The highest BCUT2D eigenvalue weighted by Crippen LogP contribution is 2.29. The van der Waals surface area contributed by atoms with Crippen LogP contribution >= 0.6 is 0 Å². The van der Waals surface area contributed by atoms with Crippen LogP contribution in [-0.2, 0) is 16.1 Å². The van der Waals surface area contributed by atoms with Crippen molar-refractivity contribution in [1.82, 2.24) is 20.9 Å². The van der Waals surface area contributed by atoms with Gasteiger partial charge in [-0.25, -0.2) is 0 Å². The first-order valence-electron chi connectivity index (χ1n) is 10.3. The molecule has 4 amide bonds. The number of amides is 4. The molecule has 154 valence electrons. The molecule has 0 spiro atoms. The molecule has 0 aromatic heterocycles. The van der Waals surface area contributed by atoms with Gasteiger partial charge in [-0.15, -0.1) is 0 Å². The van der Waals surface area contributed by atoms with E-state index in [1.165, 1.54) is 17.7 Å². The number of nitrogens with zero attached hydrogens (tertiary/aromatic N) is 1. The molecule has 8 nitrogen and oxygen atoms in total. The summed E-state index contributed by atoms with van der Waals surface area (Å²) in [4.78, 5) is 50.7. The van der Waals surface area contributed by atoms with Crippen LogP contribution in [0.25, 0.3) is 0 Å². The van der Waals surface area contributed by atoms with Crippen molar-refractivity contribution in [2.75, 3.05) is 19.6 Å². The van der Waals surface area contributed by atoms with E-state index in [9.17, 15) is 19.2 Å². The second-order valence-electron chi connectivity index (χ2n) is 7.99. The van der Waals surface area contributed by atoms with Crippen molar-refractivity contribution >= 4 is 23.6 Å². The Morgan fingerprint density at radius 1 is 1.21 bits per heavy atom. The molecule has 3 N–H and O–H groups in total. The molecule has 2 atom stereocenters. The summed E-state index contributed by atoms with van der Waals surface area (Å²) in [5, 5.41) is 8.65. The monoisotopic (exact) mass is 398 g/mol. The van der Waals surface area contributed by atoms with Crippen LogP contribution in [-0.4, -0.2) is 54.2 Å². The first-order chi connectivity index (χ1) is 14.0. The van der Waals surface area contributed by atoms with Gasteiger partial charge in [-0.2, -0.15) is 0 Å². The molecule has 1 aromatic carbocycles. The maximum atomic E-state index is 12.8. The van der Waals surface area contributed by atoms with Crippen molar-refractivity contribution in [3.63, 3.8) is 0 Å². The number of carbonyl (C=O) groups is 4. The van der Waals surface area contributed by atoms with Gasteiger partial charge >= 0.3 is 0 Å². The number of fused-ring (bicyclic) bond motifs is 1. The van der Waals surface area contributed by atoms with Crippen molar-refractivity contribution in [2.45, 2.75) is 44.7 Å². The summed E-state index contributed by atoms with van der Waals surface area (Å²) in [6.07, 6.45) is 3.79. The number of piperidine rings is 2. The fourth-order valence-corrected chi connectivity index (χ4v) is 4.45. The van der Waals surface area contributed by atoms with Crippen LogP contribution < -0.4 is 16.0 Å². The van der Waals surface area contributed by atoms with E-state index in [0.717, 1.165) is 19.5 Å². The van der Waals surface area contributed by atoms with Crippen LogP contribution in [0.1, 0.15) is 58.4 Å². The van der Waals surface area contributed by atoms with Crippen LogP contribution in [0, 0.1) is 5.92 Å². The van der Waals surface area contributed by atoms with Crippen molar-refractivity contribution in [1.29, 1.82) is 0 Å². The molecule has 29 heavy (non-hydrogen) atoms. The minimum absolute atomic E-state index is 0.191. The molecule has 0 radical (unpaired) electrons. The summed E-state index contributed by atoms with van der Waals surface area (Å²) in [7, 11) is 0. The second-order valence-corrected chi connectivity index (χ2v) is 7.99. The molecule has 3 heterocycles. The van der Waals surface area contributed by atoms with Gasteiger partial charge in [0.15, 0.2) is 0 Å². The fraction of sp³-hybridized carbons (Fsp3) is 0.524. The van der Waals surface area contributed by atoms with Gasteiger partial charge in [0.2, 0.25) is 11.8 Å². The molecular weight excluding hydrogens is 372 g/mol. The molecule has 2 saturated heterocycles.